The molecule has 0 saturated carbocycles. The number of carbonyl (C=O) groups excluding carboxylic acids is 2. The minimum Gasteiger partial charge on any atom is -0.454 e. The van der Waals surface area contributed by atoms with Gasteiger partial charge in [0.15, 0.2) is 12.4 Å². The van der Waals surface area contributed by atoms with Crippen LogP contribution in [0.3, 0.4) is 0 Å². The fraction of sp³-hybridized carbons (Fsp3) is 0.824. The third kappa shape index (κ3) is 43.7. The van der Waals surface area contributed by atoms with Crippen molar-refractivity contribution in [2.75, 3.05) is 13.2 Å². The normalized spacial score (nSPS) is 19.2. The van der Waals surface area contributed by atoms with Crippen LogP contribution in [0.4, 0.5) is 0 Å². The molecule has 1 rings (SSSR count). The highest BCUT2D eigenvalue weighted by Crippen LogP contribution is 2.26. The van der Waals surface area contributed by atoms with Crippen molar-refractivity contribution >= 4 is 11.9 Å². The van der Waals surface area contributed by atoms with E-state index in [1.165, 1.54) is 167 Å². The standard InChI is InChI=1S/C68H123NO10/c1-4-7-10-13-16-19-22-24-26-28-30-31-32-34-36-38-41-44-47-50-53-56-63(73)79-66-65(75)64(74)62(57-70)78-68(66)77-58-59(60(71)54-51-48-45-42-39-21-18-15-12-9-6-3)69-67(76)61(72)55-52-49-46-43-40-37-35-33-29-27-25-23-20-17-14-11-8-5-2/h17,20,24-27,33,35,51,54,59-62,64-66,68,70-72,74-75H,4-16,18-19,21-23,28-32,34,36-50,52-53,55-58H2,1-3H3,(H,69,76)/b20-17-,26-24+,27-25-,35-33-,54-51+. The zero-order chi connectivity index (χ0) is 57.5. The van der Waals surface area contributed by atoms with Crippen molar-refractivity contribution in [1.82, 2.24) is 5.32 Å². The number of carbonyl (C=O) groups is 2. The van der Waals surface area contributed by atoms with Gasteiger partial charge in [0.1, 0.15) is 24.4 Å². The predicted octanol–water partition coefficient (Wildman–Crippen LogP) is 16.2. The van der Waals surface area contributed by atoms with Crippen LogP contribution in [-0.2, 0) is 23.8 Å². The summed E-state index contributed by atoms with van der Waals surface area (Å²) in [6, 6.07) is -1.03. The molecule has 79 heavy (non-hydrogen) atoms. The molecular formula is C68H123NO10. The first-order valence-electron chi connectivity index (χ1n) is 33.1. The van der Waals surface area contributed by atoms with Gasteiger partial charge >= 0.3 is 5.97 Å². The van der Waals surface area contributed by atoms with E-state index in [9.17, 15) is 35.1 Å². The van der Waals surface area contributed by atoms with Crippen LogP contribution in [0.15, 0.2) is 60.8 Å². The molecule has 0 spiro atoms. The minimum absolute atomic E-state index is 0.121. The summed E-state index contributed by atoms with van der Waals surface area (Å²) in [4.78, 5) is 26.6. The number of aliphatic hydroxyl groups excluding tert-OH is 5. The van der Waals surface area contributed by atoms with Crippen LogP contribution in [0.5, 0.6) is 0 Å². The van der Waals surface area contributed by atoms with Crippen molar-refractivity contribution < 1.29 is 49.3 Å². The summed E-state index contributed by atoms with van der Waals surface area (Å²) in [5.41, 5.74) is 0. The lowest BCUT2D eigenvalue weighted by atomic mass is 9.99. The van der Waals surface area contributed by atoms with Gasteiger partial charge in [-0.15, -0.1) is 0 Å². The molecule has 1 amide bonds. The number of ether oxygens (including phenoxy) is 3. The van der Waals surface area contributed by atoms with E-state index >= 15 is 0 Å². The largest absolute Gasteiger partial charge is 0.454 e. The number of hydrogen-bond acceptors (Lipinski definition) is 10. The average molecular weight is 1110 g/mol. The van der Waals surface area contributed by atoms with Crippen LogP contribution in [0.25, 0.3) is 0 Å². The van der Waals surface area contributed by atoms with Gasteiger partial charge in [-0.2, -0.15) is 0 Å². The van der Waals surface area contributed by atoms with E-state index in [1.54, 1.807) is 6.08 Å². The van der Waals surface area contributed by atoms with Crippen LogP contribution in [0.1, 0.15) is 297 Å². The molecule has 1 heterocycles. The number of allylic oxidation sites excluding steroid dienone is 9. The average Bonchev–Trinajstić information content (AvgIpc) is 3.45. The Hall–Kier alpha value is -2.64. The molecule has 460 valence electrons. The van der Waals surface area contributed by atoms with Gasteiger partial charge in [-0.3, -0.25) is 9.59 Å². The minimum atomic E-state index is -1.62. The number of esters is 1. The second-order valence-electron chi connectivity index (χ2n) is 22.8. The molecule has 8 unspecified atom stereocenters. The summed E-state index contributed by atoms with van der Waals surface area (Å²) in [6.07, 6.45) is 59.7. The molecule has 0 aromatic carbocycles. The van der Waals surface area contributed by atoms with Gasteiger partial charge in [0.2, 0.25) is 5.91 Å². The molecular weight excluding hydrogens is 991 g/mol. The zero-order valence-electron chi connectivity index (χ0n) is 51.0. The molecule has 0 aliphatic carbocycles. The summed E-state index contributed by atoms with van der Waals surface area (Å²) in [5, 5.41) is 57.0. The third-order valence-corrected chi connectivity index (χ3v) is 15.4. The van der Waals surface area contributed by atoms with Gasteiger partial charge in [0.25, 0.3) is 0 Å². The molecule has 0 aromatic heterocycles. The van der Waals surface area contributed by atoms with Gasteiger partial charge < -0.3 is 45.1 Å². The van der Waals surface area contributed by atoms with Crippen molar-refractivity contribution in [3.63, 3.8) is 0 Å². The van der Waals surface area contributed by atoms with E-state index in [-0.39, 0.29) is 19.4 Å². The second-order valence-corrected chi connectivity index (χ2v) is 22.8. The van der Waals surface area contributed by atoms with Crippen molar-refractivity contribution in [3.8, 4) is 0 Å². The summed E-state index contributed by atoms with van der Waals surface area (Å²) in [6.45, 7) is 5.76. The highest BCUT2D eigenvalue weighted by Gasteiger charge is 2.47. The van der Waals surface area contributed by atoms with Crippen LogP contribution in [0, 0.1) is 0 Å². The Morgan fingerprint density at radius 3 is 1.34 bits per heavy atom. The first-order chi connectivity index (χ1) is 38.7. The third-order valence-electron chi connectivity index (χ3n) is 15.4. The molecule has 11 nitrogen and oxygen atoms in total. The maximum atomic E-state index is 13.4. The van der Waals surface area contributed by atoms with Crippen LogP contribution in [0.2, 0.25) is 0 Å². The monoisotopic (exact) mass is 1110 g/mol. The number of amides is 1. The van der Waals surface area contributed by atoms with Crippen molar-refractivity contribution in [3.05, 3.63) is 60.8 Å². The Labute approximate surface area is 484 Å². The van der Waals surface area contributed by atoms with Crippen LogP contribution < -0.4 is 5.32 Å². The molecule has 1 aliphatic heterocycles. The van der Waals surface area contributed by atoms with E-state index in [4.69, 9.17) is 14.2 Å². The van der Waals surface area contributed by atoms with E-state index in [2.05, 4.69) is 74.7 Å². The first-order valence-corrected chi connectivity index (χ1v) is 33.1. The highest BCUT2D eigenvalue weighted by atomic mass is 16.7. The van der Waals surface area contributed by atoms with Crippen molar-refractivity contribution in [2.24, 2.45) is 0 Å². The topological polar surface area (TPSA) is 175 Å². The van der Waals surface area contributed by atoms with Gasteiger partial charge in [0.05, 0.1) is 25.4 Å². The number of nitrogens with one attached hydrogen (secondary N) is 1. The lowest BCUT2D eigenvalue weighted by Crippen LogP contribution is -2.61. The maximum absolute atomic E-state index is 13.4. The van der Waals surface area contributed by atoms with Gasteiger partial charge in [0, 0.05) is 6.42 Å². The smallest absolute Gasteiger partial charge is 0.306 e. The lowest BCUT2D eigenvalue weighted by molar-refractivity contribution is -0.305. The van der Waals surface area contributed by atoms with Gasteiger partial charge in [-0.25, -0.2) is 0 Å². The predicted molar refractivity (Wildman–Crippen MR) is 329 cm³/mol. The summed E-state index contributed by atoms with van der Waals surface area (Å²) in [7, 11) is 0. The lowest BCUT2D eigenvalue weighted by Gasteiger charge is -2.41. The summed E-state index contributed by atoms with van der Waals surface area (Å²) in [5.74, 6) is -1.20. The van der Waals surface area contributed by atoms with Crippen molar-refractivity contribution in [1.29, 1.82) is 0 Å². The highest BCUT2D eigenvalue weighted by molar-refractivity contribution is 5.80. The molecule has 1 fully saturated rings. The van der Waals surface area contributed by atoms with Crippen LogP contribution in [-0.4, -0.2) is 99.6 Å². The van der Waals surface area contributed by atoms with Crippen molar-refractivity contribution in [2.45, 2.75) is 346 Å². The van der Waals surface area contributed by atoms with E-state index in [0.717, 1.165) is 83.5 Å². The van der Waals surface area contributed by atoms with E-state index in [0.29, 0.717) is 12.8 Å². The van der Waals surface area contributed by atoms with Gasteiger partial charge in [-0.05, 0) is 89.9 Å². The van der Waals surface area contributed by atoms with Crippen LogP contribution >= 0.6 is 0 Å². The zero-order valence-corrected chi connectivity index (χ0v) is 51.0. The number of rotatable bonds is 56. The fourth-order valence-electron chi connectivity index (χ4n) is 10.1. The first kappa shape index (κ1) is 74.4. The van der Waals surface area contributed by atoms with E-state index < -0.39 is 67.4 Å². The second kappa shape index (κ2) is 55.9. The molecule has 8 atom stereocenters. The number of unbranched alkanes of at least 4 members (excludes halogenated alkanes) is 34. The molecule has 0 radical (unpaired) electrons. The Kier molecular flexibility index (Phi) is 52.6. The molecule has 6 N–H and O–H groups in total. The fourth-order valence-corrected chi connectivity index (χ4v) is 10.1. The molecule has 1 saturated heterocycles. The molecule has 0 bridgehead atoms. The van der Waals surface area contributed by atoms with Gasteiger partial charge in [-0.1, -0.05) is 261 Å². The summed E-state index contributed by atoms with van der Waals surface area (Å²) < 4.78 is 17.6. The molecule has 0 aromatic rings. The number of aliphatic hydroxyl groups is 5. The molecule has 1 aliphatic rings. The summed E-state index contributed by atoms with van der Waals surface area (Å²) >= 11 is 0. The molecule has 11 heteroatoms. The Bertz CT molecular complexity index is 1510. The quantitative estimate of drug-likeness (QED) is 0.0195. The Morgan fingerprint density at radius 1 is 0.494 bits per heavy atom. The number of hydrogen-bond donors (Lipinski definition) is 6. The van der Waals surface area contributed by atoms with E-state index in [1.807, 2.05) is 6.08 Å². The Morgan fingerprint density at radius 2 is 0.873 bits per heavy atom. The SMILES string of the molecule is CCCCC/C=C\C/C=C\C/C=C\CCCCCCCC(O)C(=O)NC(COC1OC(CO)C(O)C(O)C1OC(=O)CCCCCCCCCCCCC/C=C/CCCCCCCC)C(O)/C=C/CCCCCCCCCCC. The maximum Gasteiger partial charge on any atom is 0.306 e. The Balaban J connectivity index is 2.62.